The van der Waals surface area contributed by atoms with Crippen molar-refractivity contribution in [1.29, 1.82) is 0 Å². The van der Waals surface area contributed by atoms with Crippen LogP contribution in [0.1, 0.15) is 61.9 Å². The predicted octanol–water partition coefficient (Wildman–Crippen LogP) is 6.15. The molecule has 2 amide bonds. The fourth-order valence-corrected chi connectivity index (χ4v) is 6.89. The SMILES string of the molecule is CC(=O)O.Cc1cc2ccc1[C@@H](C)COC(=O)Nc1cc(F)c(S(=O)(=O)C(C)C)c(c1)CN(C)C(=O)[C@@H]2Nc1cc2ccnc(N)c2cc1F. The molecule has 5 N–H and O–H groups in total. The summed E-state index contributed by atoms with van der Waals surface area (Å²) in [6, 6.07) is 10.9. The highest BCUT2D eigenvalue weighted by Gasteiger charge is 2.31. The van der Waals surface area contributed by atoms with E-state index in [1.54, 1.807) is 18.2 Å². The van der Waals surface area contributed by atoms with Gasteiger partial charge in [0.05, 0.1) is 17.5 Å². The number of aryl methyl sites for hydroxylation is 1. The molecule has 0 unspecified atom stereocenters. The zero-order chi connectivity index (χ0) is 37.1. The van der Waals surface area contributed by atoms with Gasteiger partial charge in [-0.1, -0.05) is 25.1 Å². The van der Waals surface area contributed by atoms with E-state index in [9.17, 15) is 18.0 Å². The van der Waals surface area contributed by atoms with Gasteiger partial charge in [-0.05, 0) is 78.7 Å². The smallest absolute Gasteiger partial charge is 0.411 e. The number of carboxylic acid groups (broad SMARTS) is 1. The maximum Gasteiger partial charge on any atom is 0.411 e. The van der Waals surface area contributed by atoms with Gasteiger partial charge in [0.15, 0.2) is 9.84 Å². The zero-order valence-corrected chi connectivity index (χ0v) is 29.2. The average molecular weight is 712 g/mol. The molecule has 266 valence electrons. The number of ether oxygens (including phenoxy) is 1. The molecule has 1 aromatic heterocycles. The van der Waals surface area contributed by atoms with Gasteiger partial charge < -0.3 is 25.8 Å². The minimum Gasteiger partial charge on any atom is -0.481 e. The number of aliphatic carboxylic acids is 1. The van der Waals surface area contributed by atoms with Gasteiger partial charge in [0.25, 0.3) is 5.97 Å². The van der Waals surface area contributed by atoms with Crippen LogP contribution in [0, 0.1) is 18.6 Å². The molecule has 3 heterocycles. The molecule has 6 rings (SSSR count). The summed E-state index contributed by atoms with van der Waals surface area (Å²) in [5.41, 5.74) is 8.04. The molecular formula is C35H39F2N5O7S. The van der Waals surface area contributed by atoms with E-state index in [4.69, 9.17) is 20.4 Å². The fraction of sp³-hybridized carbons (Fsp3) is 0.314. The van der Waals surface area contributed by atoms with E-state index in [0.717, 1.165) is 24.1 Å². The third kappa shape index (κ3) is 8.28. The fourth-order valence-electron chi connectivity index (χ4n) is 5.59. The highest BCUT2D eigenvalue weighted by Crippen LogP contribution is 2.33. The number of fused-ring (bicyclic) bond motifs is 10. The second-order valence-electron chi connectivity index (χ2n) is 12.3. The molecule has 50 heavy (non-hydrogen) atoms. The summed E-state index contributed by atoms with van der Waals surface area (Å²) >= 11 is 0. The van der Waals surface area contributed by atoms with Gasteiger partial charge in [0.2, 0.25) is 5.91 Å². The van der Waals surface area contributed by atoms with Crippen molar-refractivity contribution in [3.05, 3.63) is 88.6 Å². The van der Waals surface area contributed by atoms with Gasteiger partial charge in [0, 0.05) is 43.7 Å². The number of carboxylic acids is 1. The van der Waals surface area contributed by atoms with Gasteiger partial charge in [-0.2, -0.15) is 0 Å². The van der Waals surface area contributed by atoms with Gasteiger partial charge in [-0.25, -0.2) is 27.0 Å². The van der Waals surface area contributed by atoms with Crippen LogP contribution in [0.25, 0.3) is 10.8 Å². The number of carbonyl (C=O) groups is 3. The second-order valence-corrected chi connectivity index (χ2v) is 14.8. The van der Waals surface area contributed by atoms with Crippen LogP contribution in [0.15, 0.2) is 59.6 Å². The van der Waals surface area contributed by atoms with Crippen molar-refractivity contribution in [2.45, 2.75) is 63.3 Å². The Morgan fingerprint density at radius 2 is 1.80 bits per heavy atom. The molecule has 0 saturated heterocycles. The number of sulfone groups is 1. The summed E-state index contributed by atoms with van der Waals surface area (Å²) in [4.78, 5) is 40.5. The molecule has 2 aliphatic heterocycles. The number of pyridine rings is 1. The molecular weight excluding hydrogens is 672 g/mol. The molecule has 0 fully saturated rings. The Labute approximate surface area is 288 Å². The number of carbonyl (C=O) groups excluding carboxylic acids is 2. The van der Waals surface area contributed by atoms with Gasteiger partial charge in [0.1, 0.15) is 28.4 Å². The van der Waals surface area contributed by atoms with E-state index in [1.165, 1.54) is 50.2 Å². The predicted molar refractivity (Wildman–Crippen MR) is 186 cm³/mol. The molecule has 0 aliphatic carbocycles. The number of nitrogens with one attached hydrogen (secondary N) is 2. The van der Waals surface area contributed by atoms with Crippen LogP contribution in [0.3, 0.4) is 0 Å². The van der Waals surface area contributed by atoms with Crippen molar-refractivity contribution in [3.63, 3.8) is 0 Å². The van der Waals surface area contributed by atoms with E-state index in [-0.39, 0.29) is 41.8 Å². The maximum absolute atomic E-state index is 15.6. The number of anilines is 3. The summed E-state index contributed by atoms with van der Waals surface area (Å²) in [5.74, 6) is -3.22. The lowest BCUT2D eigenvalue weighted by atomic mass is 9.93. The van der Waals surface area contributed by atoms with Crippen molar-refractivity contribution >= 4 is 55.8 Å². The van der Waals surface area contributed by atoms with Crippen molar-refractivity contribution in [2.24, 2.45) is 0 Å². The standard InChI is InChI=1S/C33H35F2N5O5S.C2H4O2/c1-17(2)46(43,44)30-22-11-23(13-27(30)35)38-33(42)45-16-19(4)24-7-6-21(10-18(24)3)29(32(41)40(5)15-22)39-28-12-20-8-9-37-31(36)25(20)14-26(28)34;1-2(3)4/h6-14,17,19,29,39H,15-16H2,1-5H3,(H2,36,37)(H,38,42);1H3,(H,3,4)/t19-,29+;/m0./s1. The Hall–Kier alpha value is -5.31. The normalized spacial score (nSPS) is 16.8. The molecule has 3 aromatic carbocycles. The first-order valence-corrected chi connectivity index (χ1v) is 17.1. The minimum atomic E-state index is -4.16. The summed E-state index contributed by atoms with van der Waals surface area (Å²) in [5, 5.41) is 13.0. The van der Waals surface area contributed by atoms with E-state index >= 15 is 8.78 Å². The molecule has 4 aromatic rings. The highest BCUT2D eigenvalue weighted by molar-refractivity contribution is 7.92. The highest BCUT2D eigenvalue weighted by atomic mass is 32.2. The van der Waals surface area contributed by atoms with Crippen molar-refractivity contribution < 1.29 is 41.4 Å². The monoisotopic (exact) mass is 711 g/mol. The summed E-state index contributed by atoms with van der Waals surface area (Å²) < 4.78 is 63.0. The number of likely N-dealkylation sites (N-methyl/N-ethyl adjacent to an activating group) is 1. The summed E-state index contributed by atoms with van der Waals surface area (Å²) in [6.07, 6.45) is 0.650. The lowest BCUT2D eigenvalue weighted by Crippen LogP contribution is -2.36. The van der Waals surface area contributed by atoms with Crippen LogP contribution in [0.2, 0.25) is 0 Å². The molecule has 0 saturated carbocycles. The quantitative estimate of drug-likeness (QED) is 0.192. The molecule has 4 bridgehead atoms. The molecule has 2 aliphatic rings. The van der Waals surface area contributed by atoms with Crippen molar-refractivity contribution in [3.8, 4) is 0 Å². The number of rotatable bonds is 4. The lowest BCUT2D eigenvalue weighted by Gasteiger charge is -2.28. The number of aromatic nitrogens is 1. The third-order valence-corrected chi connectivity index (χ3v) is 10.4. The summed E-state index contributed by atoms with van der Waals surface area (Å²) in [6.45, 7) is 7.28. The van der Waals surface area contributed by atoms with Crippen LogP contribution in [0.4, 0.5) is 30.8 Å². The van der Waals surface area contributed by atoms with Crippen molar-refractivity contribution in [2.75, 3.05) is 30.0 Å². The first-order valence-electron chi connectivity index (χ1n) is 15.6. The zero-order valence-electron chi connectivity index (χ0n) is 28.4. The number of hydrogen-bond donors (Lipinski definition) is 4. The van der Waals surface area contributed by atoms with Crippen LogP contribution < -0.4 is 16.4 Å². The maximum atomic E-state index is 15.6. The Balaban J connectivity index is 0.00000133. The molecule has 12 nitrogen and oxygen atoms in total. The Bertz CT molecular complexity index is 2070. The minimum absolute atomic E-state index is 0.00912. The molecule has 0 radical (unpaired) electrons. The van der Waals surface area contributed by atoms with E-state index in [0.29, 0.717) is 16.3 Å². The van der Waals surface area contributed by atoms with E-state index < -0.39 is 55.6 Å². The number of halogens is 2. The van der Waals surface area contributed by atoms with Crippen LogP contribution in [-0.4, -0.2) is 60.3 Å². The number of nitrogens with two attached hydrogens (primary N) is 1. The van der Waals surface area contributed by atoms with Gasteiger partial charge >= 0.3 is 6.09 Å². The summed E-state index contributed by atoms with van der Waals surface area (Å²) in [7, 11) is -2.72. The largest absolute Gasteiger partial charge is 0.481 e. The second kappa shape index (κ2) is 15.1. The van der Waals surface area contributed by atoms with Crippen LogP contribution in [-0.2, 0) is 30.7 Å². The Kier molecular flexibility index (Phi) is 11.3. The third-order valence-electron chi connectivity index (χ3n) is 8.11. The molecule has 0 spiro atoms. The average Bonchev–Trinajstić information content (AvgIpc) is 3.01. The molecule has 15 heteroatoms. The van der Waals surface area contributed by atoms with Crippen LogP contribution >= 0.6 is 0 Å². The number of nitrogens with zero attached hydrogens (tertiary/aromatic N) is 2. The number of amides is 2. The molecule has 2 atom stereocenters. The Morgan fingerprint density at radius 3 is 2.44 bits per heavy atom. The number of benzene rings is 3. The van der Waals surface area contributed by atoms with E-state index in [1.807, 2.05) is 19.9 Å². The lowest BCUT2D eigenvalue weighted by molar-refractivity contribution is -0.134. The van der Waals surface area contributed by atoms with E-state index in [2.05, 4.69) is 15.6 Å². The first kappa shape index (κ1) is 37.5. The Morgan fingerprint density at radius 1 is 1.12 bits per heavy atom. The first-order chi connectivity index (χ1) is 23.4. The topological polar surface area (TPSA) is 181 Å². The van der Waals surface area contributed by atoms with Gasteiger partial charge in [-0.3, -0.25) is 14.9 Å². The van der Waals surface area contributed by atoms with Crippen molar-refractivity contribution in [1.82, 2.24) is 9.88 Å². The number of nitrogen functional groups attached to an aromatic ring is 1. The van der Waals surface area contributed by atoms with Gasteiger partial charge in [-0.15, -0.1) is 0 Å². The van der Waals surface area contributed by atoms with Crippen LogP contribution in [0.5, 0.6) is 0 Å². The number of hydrogen-bond acceptors (Lipinski definition) is 9.